The molecule has 0 heterocycles. The summed E-state index contributed by atoms with van der Waals surface area (Å²) in [5, 5.41) is 3.01. The van der Waals surface area contributed by atoms with Crippen LogP contribution >= 0.6 is 0 Å². The molecule has 1 aromatic rings. The zero-order chi connectivity index (χ0) is 12.0. The molecule has 0 fully saturated rings. The van der Waals surface area contributed by atoms with E-state index in [9.17, 15) is 13.6 Å². The highest BCUT2D eigenvalue weighted by Gasteiger charge is 2.01. The van der Waals surface area contributed by atoms with Crippen LogP contribution in [0.1, 0.15) is 18.4 Å². The Kier molecular flexibility index (Phi) is 4.85. The average molecular weight is 228 g/mol. The molecule has 5 heteroatoms. The summed E-state index contributed by atoms with van der Waals surface area (Å²) in [5.41, 5.74) is 5.63. The van der Waals surface area contributed by atoms with Crippen molar-refractivity contribution in [2.24, 2.45) is 5.73 Å². The zero-order valence-electron chi connectivity index (χ0n) is 8.80. The van der Waals surface area contributed by atoms with Gasteiger partial charge in [-0.3, -0.25) is 4.79 Å². The molecule has 1 amide bonds. The maximum absolute atomic E-state index is 12.8. The van der Waals surface area contributed by atoms with E-state index in [1.807, 2.05) is 0 Å². The van der Waals surface area contributed by atoms with E-state index in [4.69, 9.17) is 5.73 Å². The van der Waals surface area contributed by atoms with Gasteiger partial charge in [-0.05, 0) is 30.7 Å². The van der Waals surface area contributed by atoms with Crippen LogP contribution < -0.4 is 11.1 Å². The Bertz CT molecular complexity index is 369. The van der Waals surface area contributed by atoms with Crippen molar-refractivity contribution in [2.75, 3.05) is 6.54 Å². The molecule has 0 aromatic heterocycles. The Morgan fingerprint density at radius 2 is 2.06 bits per heavy atom. The van der Waals surface area contributed by atoms with E-state index >= 15 is 0 Å². The molecule has 3 nitrogen and oxygen atoms in total. The summed E-state index contributed by atoms with van der Waals surface area (Å²) in [6.07, 6.45) is 0.962. The number of carbonyl (C=O) groups is 1. The molecule has 0 aliphatic rings. The third-order valence-corrected chi connectivity index (χ3v) is 2.09. The molecule has 0 radical (unpaired) electrons. The summed E-state index contributed by atoms with van der Waals surface area (Å²) in [6.45, 7) is 1.05. The highest BCUT2D eigenvalue weighted by molar-refractivity contribution is 5.73. The minimum Gasteiger partial charge on any atom is -0.370 e. The fourth-order valence-electron chi connectivity index (χ4n) is 1.27. The van der Waals surface area contributed by atoms with Crippen molar-refractivity contribution in [3.05, 3.63) is 35.4 Å². The predicted molar refractivity (Wildman–Crippen MR) is 56.5 cm³/mol. The Hall–Kier alpha value is -1.49. The van der Waals surface area contributed by atoms with Gasteiger partial charge in [0.05, 0.1) is 0 Å². The predicted octanol–water partition coefficient (Wildman–Crippen LogP) is 1.32. The Morgan fingerprint density at radius 3 is 2.69 bits per heavy atom. The zero-order valence-corrected chi connectivity index (χ0v) is 8.80. The first-order chi connectivity index (χ1) is 7.59. The number of amides is 1. The highest BCUT2D eigenvalue weighted by atomic mass is 19.2. The molecule has 0 saturated heterocycles. The summed E-state index contributed by atoms with van der Waals surface area (Å²) >= 11 is 0. The van der Waals surface area contributed by atoms with Crippen LogP contribution in [0.4, 0.5) is 8.78 Å². The molecule has 88 valence electrons. The van der Waals surface area contributed by atoms with Gasteiger partial charge in [-0.15, -0.1) is 0 Å². The van der Waals surface area contributed by atoms with Gasteiger partial charge in [0.1, 0.15) is 0 Å². The first-order valence-corrected chi connectivity index (χ1v) is 5.02. The number of nitrogens with two attached hydrogens (primary N) is 1. The summed E-state index contributed by atoms with van der Waals surface area (Å²) in [7, 11) is 0. The van der Waals surface area contributed by atoms with Crippen molar-refractivity contribution in [1.29, 1.82) is 0 Å². The molecular weight excluding hydrogens is 214 g/mol. The van der Waals surface area contributed by atoms with E-state index in [2.05, 4.69) is 5.32 Å². The number of benzene rings is 1. The summed E-state index contributed by atoms with van der Waals surface area (Å²) in [6, 6.07) is 3.76. The van der Waals surface area contributed by atoms with E-state index in [1.165, 1.54) is 6.07 Å². The van der Waals surface area contributed by atoms with Crippen molar-refractivity contribution < 1.29 is 13.6 Å². The first kappa shape index (κ1) is 12.6. The van der Waals surface area contributed by atoms with Crippen LogP contribution in [0.15, 0.2) is 18.2 Å². The van der Waals surface area contributed by atoms with Gasteiger partial charge in [-0.2, -0.15) is 0 Å². The van der Waals surface area contributed by atoms with Crippen LogP contribution in [-0.2, 0) is 11.3 Å². The quantitative estimate of drug-likeness (QED) is 0.721. The lowest BCUT2D eigenvalue weighted by Crippen LogP contribution is -2.18. The second kappa shape index (κ2) is 6.17. The van der Waals surface area contributed by atoms with E-state index in [-0.39, 0.29) is 5.91 Å². The van der Waals surface area contributed by atoms with Gasteiger partial charge in [0.2, 0.25) is 5.91 Å². The van der Waals surface area contributed by atoms with E-state index < -0.39 is 11.6 Å². The topological polar surface area (TPSA) is 55.1 Å². The number of halogens is 2. The SMILES string of the molecule is NC(=O)CCCNCc1ccc(F)c(F)c1. The number of primary amides is 1. The third-order valence-electron chi connectivity index (χ3n) is 2.09. The normalized spacial score (nSPS) is 10.4. The van der Waals surface area contributed by atoms with Crippen LogP contribution in [-0.4, -0.2) is 12.5 Å². The second-order valence-electron chi connectivity index (χ2n) is 3.50. The fourth-order valence-corrected chi connectivity index (χ4v) is 1.27. The smallest absolute Gasteiger partial charge is 0.217 e. The van der Waals surface area contributed by atoms with Crippen LogP contribution in [0.5, 0.6) is 0 Å². The number of carbonyl (C=O) groups excluding carboxylic acids is 1. The molecule has 3 N–H and O–H groups in total. The molecule has 0 spiro atoms. The number of hydrogen-bond donors (Lipinski definition) is 2. The van der Waals surface area contributed by atoms with Crippen LogP contribution in [0.2, 0.25) is 0 Å². The molecule has 0 aliphatic carbocycles. The third kappa shape index (κ3) is 4.35. The molecule has 1 aromatic carbocycles. The second-order valence-corrected chi connectivity index (χ2v) is 3.50. The molecule has 0 unspecified atom stereocenters. The average Bonchev–Trinajstić information content (AvgIpc) is 2.22. The van der Waals surface area contributed by atoms with Gasteiger partial charge < -0.3 is 11.1 Å². The minimum atomic E-state index is -0.851. The molecule has 0 saturated carbocycles. The molecule has 16 heavy (non-hydrogen) atoms. The van der Waals surface area contributed by atoms with Gasteiger partial charge in [-0.25, -0.2) is 8.78 Å². The number of nitrogens with one attached hydrogen (secondary N) is 1. The number of hydrogen-bond acceptors (Lipinski definition) is 2. The fraction of sp³-hybridized carbons (Fsp3) is 0.364. The lowest BCUT2D eigenvalue weighted by Gasteiger charge is -2.04. The Morgan fingerprint density at radius 1 is 1.31 bits per heavy atom. The van der Waals surface area contributed by atoms with Crippen molar-refractivity contribution >= 4 is 5.91 Å². The monoisotopic (exact) mass is 228 g/mol. The maximum Gasteiger partial charge on any atom is 0.217 e. The lowest BCUT2D eigenvalue weighted by molar-refractivity contribution is -0.118. The molecule has 1 rings (SSSR count). The standard InChI is InChI=1S/C11H14F2N2O/c12-9-4-3-8(6-10(9)13)7-15-5-1-2-11(14)16/h3-4,6,15H,1-2,5,7H2,(H2,14,16). The molecular formula is C11H14F2N2O. The highest BCUT2D eigenvalue weighted by Crippen LogP contribution is 2.08. The van der Waals surface area contributed by atoms with Crippen molar-refractivity contribution in [3.63, 3.8) is 0 Å². The van der Waals surface area contributed by atoms with Gasteiger partial charge in [-0.1, -0.05) is 6.07 Å². The molecule has 0 atom stereocenters. The van der Waals surface area contributed by atoms with Crippen LogP contribution in [0, 0.1) is 11.6 Å². The van der Waals surface area contributed by atoms with E-state index in [1.54, 1.807) is 0 Å². The van der Waals surface area contributed by atoms with Crippen LogP contribution in [0.25, 0.3) is 0 Å². The van der Waals surface area contributed by atoms with Gasteiger partial charge in [0.15, 0.2) is 11.6 Å². The minimum absolute atomic E-state index is 0.324. The first-order valence-electron chi connectivity index (χ1n) is 5.02. The number of rotatable bonds is 6. The van der Waals surface area contributed by atoms with Crippen LogP contribution in [0.3, 0.4) is 0 Å². The van der Waals surface area contributed by atoms with Crippen molar-refractivity contribution in [1.82, 2.24) is 5.32 Å². The Balaban J connectivity index is 2.27. The maximum atomic E-state index is 12.8. The summed E-state index contributed by atoms with van der Waals surface area (Å²) < 4.78 is 25.4. The van der Waals surface area contributed by atoms with Crippen molar-refractivity contribution in [2.45, 2.75) is 19.4 Å². The van der Waals surface area contributed by atoms with Gasteiger partial charge >= 0.3 is 0 Å². The molecule has 0 bridgehead atoms. The lowest BCUT2D eigenvalue weighted by atomic mass is 10.2. The van der Waals surface area contributed by atoms with E-state index in [0.717, 1.165) is 12.1 Å². The summed E-state index contributed by atoms with van der Waals surface area (Å²) in [5.74, 6) is -2.04. The van der Waals surface area contributed by atoms with Gasteiger partial charge in [0.25, 0.3) is 0 Å². The van der Waals surface area contributed by atoms with Gasteiger partial charge in [0, 0.05) is 13.0 Å². The summed E-state index contributed by atoms with van der Waals surface area (Å²) in [4.78, 5) is 10.4. The Labute approximate surface area is 92.6 Å². The molecule has 0 aliphatic heterocycles. The largest absolute Gasteiger partial charge is 0.370 e. The van der Waals surface area contributed by atoms with E-state index in [0.29, 0.717) is 31.5 Å². The van der Waals surface area contributed by atoms with Crippen molar-refractivity contribution in [3.8, 4) is 0 Å².